The van der Waals surface area contributed by atoms with Crippen LogP contribution < -0.4 is 61.8 Å². The molecule has 0 atom stereocenters. The maximum Gasteiger partial charge on any atom is 1.00 e. The van der Waals surface area contributed by atoms with Crippen LogP contribution in [0, 0.1) is 0 Å². The van der Waals surface area contributed by atoms with Gasteiger partial charge in [0.15, 0.2) is 0 Å². The van der Waals surface area contributed by atoms with Crippen molar-refractivity contribution in [1.29, 1.82) is 0 Å². The van der Waals surface area contributed by atoms with E-state index < -0.39 is 23.9 Å². The smallest absolute Gasteiger partial charge is 0.448 e. The van der Waals surface area contributed by atoms with Gasteiger partial charge >= 0.3 is 63.2 Å². The Morgan fingerprint density at radius 3 is 2.39 bits per heavy atom. The van der Waals surface area contributed by atoms with Crippen LogP contribution in [0.5, 0.6) is 0 Å². The van der Waals surface area contributed by atoms with E-state index in [9.17, 15) is 22.5 Å². The SMILES string of the molecule is O=c1sc2ccccc2c(=O)n1C[B-](F)(F)F.[K+]. The van der Waals surface area contributed by atoms with Gasteiger partial charge in [0.05, 0.1) is 5.39 Å². The molecular formula is C9H6BF3KNO2S. The Bertz CT molecular complexity index is 682. The van der Waals surface area contributed by atoms with Crippen LogP contribution in [0.3, 0.4) is 0 Å². The van der Waals surface area contributed by atoms with Gasteiger partial charge in [-0.2, -0.15) is 0 Å². The molecule has 90 valence electrons. The van der Waals surface area contributed by atoms with Gasteiger partial charge < -0.3 is 12.9 Å². The van der Waals surface area contributed by atoms with Crippen LogP contribution in [-0.4, -0.2) is 11.5 Å². The molecule has 1 aromatic carbocycles. The van der Waals surface area contributed by atoms with Crippen molar-refractivity contribution in [3.05, 3.63) is 44.3 Å². The summed E-state index contributed by atoms with van der Waals surface area (Å²) in [5.74, 6) is 0. The van der Waals surface area contributed by atoms with Gasteiger partial charge in [-0.1, -0.05) is 23.5 Å². The number of hydrogen-bond acceptors (Lipinski definition) is 3. The third-order valence-electron chi connectivity index (χ3n) is 2.17. The average molecular weight is 299 g/mol. The van der Waals surface area contributed by atoms with E-state index in [1.54, 1.807) is 12.1 Å². The summed E-state index contributed by atoms with van der Waals surface area (Å²) >= 11 is 0.641. The second kappa shape index (κ2) is 6.02. The van der Waals surface area contributed by atoms with Gasteiger partial charge in [-0.15, -0.1) is 0 Å². The monoisotopic (exact) mass is 299 g/mol. The van der Waals surface area contributed by atoms with Gasteiger partial charge in [-0.25, -0.2) is 0 Å². The predicted octanol–water partition coefficient (Wildman–Crippen LogP) is -1.19. The van der Waals surface area contributed by atoms with Gasteiger partial charge in [0, 0.05) is 11.1 Å². The fourth-order valence-corrected chi connectivity index (χ4v) is 2.34. The predicted molar refractivity (Wildman–Crippen MR) is 61.4 cm³/mol. The number of benzene rings is 1. The Balaban J connectivity index is 0.00000162. The molecule has 0 fully saturated rings. The van der Waals surface area contributed by atoms with Crippen LogP contribution in [0.4, 0.5) is 12.9 Å². The van der Waals surface area contributed by atoms with Gasteiger partial charge in [-0.05, 0) is 12.1 Å². The van der Waals surface area contributed by atoms with E-state index in [0.29, 0.717) is 16.0 Å². The molecule has 0 saturated heterocycles. The minimum absolute atomic E-state index is 0. The zero-order valence-electron chi connectivity index (χ0n) is 9.40. The summed E-state index contributed by atoms with van der Waals surface area (Å²) in [6.45, 7) is -5.21. The summed E-state index contributed by atoms with van der Waals surface area (Å²) in [6.07, 6.45) is -1.49. The molecule has 1 aromatic heterocycles. The first-order valence-corrected chi connectivity index (χ1v) is 5.54. The molecule has 0 radical (unpaired) electrons. The number of rotatable bonds is 2. The van der Waals surface area contributed by atoms with Gasteiger partial charge in [0.25, 0.3) is 5.56 Å². The zero-order chi connectivity index (χ0) is 12.6. The Hall–Kier alpha value is 0.0713. The van der Waals surface area contributed by atoms with Crippen LogP contribution in [0.15, 0.2) is 33.9 Å². The van der Waals surface area contributed by atoms with Crippen LogP contribution in [-0.2, 0) is 6.44 Å². The normalized spacial score (nSPS) is 11.3. The molecule has 0 aliphatic carbocycles. The fraction of sp³-hybridized carbons (Fsp3) is 0.111. The summed E-state index contributed by atoms with van der Waals surface area (Å²) in [7, 11) is 0. The molecule has 0 spiro atoms. The maximum atomic E-state index is 12.3. The average Bonchev–Trinajstić information content (AvgIpc) is 2.23. The van der Waals surface area contributed by atoms with E-state index in [2.05, 4.69) is 0 Å². The molecule has 3 nitrogen and oxygen atoms in total. The standard InChI is InChI=1S/C9H6BF3NO2S.K/c11-10(12,13)5-14-8(15)6-3-1-2-4-7(6)17-9(14)16;/h1-4H,5H2;/q-1;+1. The summed E-state index contributed by atoms with van der Waals surface area (Å²) in [5, 5.41) is 0.136. The Morgan fingerprint density at radius 1 is 1.17 bits per heavy atom. The summed E-state index contributed by atoms with van der Waals surface area (Å²) in [4.78, 5) is 22.2. The van der Waals surface area contributed by atoms with E-state index >= 15 is 0 Å². The molecule has 0 bridgehead atoms. The summed E-state index contributed by atoms with van der Waals surface area (Å²) in [6, 6.07) is 6.11. The van der Waals surface area contributed by atoms with Crippen LogP contribution in [0.25, 0.3) is 10.1 Å². The van der Waals surface area contributed by atoms with Crippen LogP contribution in [0.2, 0.25) is 0 Å². The van der Waals surface area contributed by atoms with E-state index in [1.807, 2.05) is 0 Å². The van der Waals surface area contributed by atoms with Crippen LogP contribution >= 0.6 is 11.3 Å². The summed E-state index contributed by atoms with van der Waals surface area (Å²) in [5.41, 5.74) is -0.886. The first-order chi connectivity index (χ1) is 7.88. The zero-order valence-corrected chi connectivity index (χ0v) is 13.3. The molecule has 0 amide bonds. The van der Waals surface area contributed by atoms with Crippen molar-refractivity contribution in [1.82, 2.24) is 4.57 Å². The van der Waals surface area contributed by atoms with Crippen molar-refractivity contribution >= 4 is 28.4 Å². The molecule has 0 saturated carbocycles. The third kappa shape index (κ3) is 3.55. The summed E-state index contributed by atoms with van der Waals surface area (Å²) < 4.78 is 37.4. The molecule has 9 heteroatoms. The van der Waals surface area contributed by atoms with Crippen molar-refractivity contribution in [2.45, 2.75) is 6.44 Å². The molecule has 0 N–H and O–H groups in total. The molecular weight excluding hydrogens is 293 g/mol. The molecule has 0 aliphatic rings. The van der Waals surface area contributed by atoms with E-state index in [-0.39, 0.29) is 61.3 Å². The number of halogens is 3. The Kier molecular flexibility index (Phi) is 5.39. The number of aromatic nitrogens is 1. The second-order valence-corrected chi connectivity index (χ2v) is 4.48. The third-order valence-corrected chi connectivity index (χ3v) is 3.14. The number of hydrogen-bond donors (Lipinski definition) is 0. The van der Waals surface area contributed by atoms with Gasteiger partial charge in [0.1, 0.15) is 0 Å². The first kappa shape index (κ1) is 16.1. The van der Waals surface area contributed by atoms with E-state index in [0.717, 1.165) is 0 Å². The minimum Gasteiger partial charge on any atom is -0.448 e. The van der Waals surface area contributed by atoms with E-state index in [4.69, 9.17) is 0 Å². The quantitative estimate of drug-likeness (QED) is 0.655. The molecule has 0 unspecified atom stereocenters. The molecule has 2 aromatic rings. The Labute approximate surface area is 146 Å². The largest absolute Gasteiger partial charge is 1.00 e. The minimum atomic E-state index is -5.21. The van der Waals surface area contributed by atoms with Crippen molar-refractivity contribution in [2.24, 2.45) is 0 Å². The second-order valence-electron chi connectivity index (χ2n) is 3.49. The Morgan fingerprint density at radius 2 is 1.78 bits per heavy atom. The fourth-order valence-electron chi connectivity index (χ4n) is 1.47. The van der Waals surface area contributed by atoms with E-state index in [1.165, 1.54) is 12.1 Å². The first-order valence-electron chi connectivity index (χ1n) is 4.72. The van der Waals surface area contributed by atoms with Crippen molar-refractivity contribution in [3.8, 4) is 0 Å². The number of nitrogens with zero attached hydrogens (tertiary/aromatic N) is 1. The topological polar surface area (TPSA) is 39.1 Å². The molecule has 1 heterocycles. The van der Waals surface area contributed by atoms with Crippen molar-refractivity contribution < 1.29 is 64.3 Å². The van der Waals surface area contributed by atoms with Gasteiger partial charge in [-0.3, -0.25) is 14.2 Å². The maximum absolute atomic E-state index is 12.3. The van der Waals surface area contributed by atoms with Crippen molar-refractivity contribution in [3.63, 3.8) is 0 Å². The molecule has 0 aliphatic heterocycles. The molecule has 2 rings (SSSR count). The molecule has 18 heavy (non-hydrogen) atoms. The van der Waals surface area contributed by atoms with Gasteiger partial charge in [0.2, 0.25) is 0 Å². The van der Waals surface area contributed by atoms with Crippen LogP contribution in [0.1, 0.15) is 0 Å². The number of fused-ring (bicyclic) bond motifs is 1. The van der Waals surface area contributed by atoms with Crippen molar-refractivity contribution in [2.75, 3.05) is 0 Å².